The Kier molecular flexibility index (Phi) is 4.39. The Morgan fingerprint density at radius 3 is 2.68 bits per heavy atom. The zero-order valence-corrected chi connectivity index (χ0v) is 13.4. The second kappa shape index (κ2) is 6.44. The van der Waals surface area contributed by atoms with E-state index in [-0.39, 0.29) is 11.3 Å². The quantitative estimate of drug-likeness (QED) is 0.718. The summed E-state index contributed by atoms with van der Waals surface area (Å²) in [6.45, 7) is 2.71. The van der Waals surface area contributed by atoms with Gasteiger partial charge in [0.25, 0.3) is 0 Å². The van der Waals surface area contributed by atoms with Crippen LogP contribution in [0.15, 0.2) is 48.5 Å². The van der Waals surface area contributed by atoms with Crippen molar-refractivity contribution >= 4 is 24.3 Å². The Bertz CT molecular complexity index is 646. The lowest BCUT2D eigenvalue weighted by Crippen LogP contribution is -2.28. The van der Waals surface area contributed by atoms with E-state index in [1.807, 2.05) is 36.4 Å². The minimum atomic E-state index is -0.184. The minimum absolute atomic E-state index is 0.184. The van der Waals surface area contributed by atoms with Crippen molar-refractivity contribution in [1.82, 2.24) is 5.32 Å². The standard InChI is InChI=1S/C18H20N2OS/c1-12-7-17(22)15-8-14(12)9-16(10-15)20-18(21)19-11-13-5-3-2-4-6-13/h2-6,8-10,12,17,22H,7,11H2,1H3,(H2,19,20,21). The molecule has 2 amide bonds. The molecule has 2 unspecified atom stereocenters. The van der Waals surface area contributed by atoms with E-state index in [2.05, 4.69) is 42.3 Å². The molecule has 2 aromatic carbocycles. The molecule has 0 fully saturated rings. The highest BCUT2D eigenvalue weighted by Crippen LogP contribution is 2.40. The van der Waals surface area contributed by atoms with Crippen LogP contribution in [-0.4, -0.2) is 6.03 Å². The van der Waals surface area contributed by atoms with Crippen LogP contribution in [0.4, 0.5) is 10.5 Å². The molecule has 1 aliphatic carbocycles. The number of amides is 2. The number of benzene rings is 2. The SMILES string of the molecule is CC1CC(S)c2cc(NC(=O)NCc3ccccc3)cc1c2. The van der Waals surface area contributed by atoms with E-state index in [0.717, 1.165) is 17.7 Å². The summed E-state index contributed by atoms with van der Waals surface area (Å²) >= 11 is 4.62. The highest BCUT2D eigenvalue weighted by molar-refractivity contribution is 7.80. The molecule has 0 spiro atoms. The molecule has 0 heterocycles. The Morgan fingerprint density at radius 2 is 1.91 bits per heavy atom. The van der Waals surface area contributed by atoms with Crippen LogP contribution in [0, 0.1) is 0 Å². The van der Waals surface area contributed by atoms with Crippen LogP contribution < -0.4 is 10.6 Å². The number of nitrogens with one attached hydrogen (secondary N) is 2. The van der Waals surface area contributed by atoms with E-state index < -0.39 is 0 Å². The Morgan fingerprint density at radius 1 is 1.18 bits per heavy atom. The summed E-state index contributed by atoms with van der Waals surface area (Å²) in [7, 11) is 0. The fourth-order valence-corrected chi connectivity index (χ4v) is 3.25. The third kappa shape index (κ3) is 3.45. The number of hydrogen-bond donors (Lipinski definition) is 3. The topological polar surface area (TPSA) is 41.1 Å². The average molecular weight is 312 g/mol. The first kappa shape index (κ1) is 15.0. The van der Waals surface area contributed by atoms with Gasteiger partial charge in [-0.2, -0.15) is 12.6 Å². The van der Waals surface area contributed by atoms with Crippen LogP contribution in [0.25, 0.3) is 0 Å². The van der Waals surface area contributed by atoms with Gasteiger partial charge in [0.1, 0.15) is 0 Å². The summed E-state index contributed by atoms with van der Waals surface area (Å²) in [5, 5.41) is 6.04. The van der Waals surface area contributed by atoms with Crippen LogP contribution in [0.2, 0.25) is 0 Å². The van der Waals surface area contributed by atoms with Crippen molar-refractivity contribution in [2.24, 2.45) is 0 Å². The van der Waals surface area contributed by atoms with Crippen molar-refractivity contribution in [1.29, 1.82) is 0 Å². The van der Waals surface area contributed by atoms with E-state index in [0.29, 0.717) is 12.5 Å². The lowest BCUT2D eigenvalue weighted by Gasteiger charge is -2.25. The number of carbonyl (C=O) groups excluding carboxylic acids is 1. The molecule has 2 bridgehead atoms. The third-order valence-electron chi connectivity index (χ3n) is 4.06. The van der Waals surface area contributed by atoms with Gasteiger partial charge in [0.15, 0.2) is 0 Å². The number of carbonyl (C=O) groups is 1. The normalized spacial score (nSPS) is 19.5. The van der Waals surface area contributed by atoms with Gasteiger partial charge in [-0.3, -0.25) is 0 Å². The largest absolute Gasteiger partial charge is 0.334 e. The highest BCUT2D eigenvalue weighted by atomic mass is 32.1. The Hall–Kier alpha value is -1.94. The molecule has 0 saturated carbocycles. The number of fused-ring (bicyclic) bond motifs is 2. The van der Waals surface area contributed by atoms with Crippen LogP contribution >= 0.6 is 12.6 Å². The van der Waals surface area contributed by atoms with Gasteiger partial charge in [-0.05, 0) is 41.2 Å². The van der Waals surface area contributed by atoms with Crippen LogP contribution in [0.5, 0.6) is 0 Å². The molecule has 4 heteroatoms. The van der Waals surface area contributed by atoms with Crippen LogP contribution in [-0.2, 0) is 6.54 Å². The fourth-order valence-electron chi connectivity index (χ4n) is 2.79. The zero-order chi connectivity index (χ0) is 15.5. The molecule has 22 heavy (non-hydrogen) atoms. The summed E-state index contributed by atoms with van der Waals surface area (Å²) in [5.74, 6) is 0.476. The van der Waals surface area contributed by atoms with E-state index in [9.17, 15) is 4.79 Å². The number of thiol groups is 1. The summed E-state index contributed by atoms with van der Waals surface area (Å²) in [6, 6.07) is 15.9. The molecular formula is C18H20N2OS. The molecule has 3 nitrogen and oxygen atoms in total. The molecule has 0 radical (unpaired) electrons. The van der Waals surface area contributed by atoms with Crippen molar-refractivity contribution in [3.05, 3.63) is 65.2 Å². The first-order chi connectivity index (χ1) is 10.6. The predicted molar refractivity (Wildman–Crippen MR) is 93.5 cm³/mol. The second-order valence-corrected chi connectivity index (χ2v) is 6.46. The second-order valence-electron chi connectivity index (χ2n) is 5.83. The Labute approximate surface area is 136 Å². The smallest absolute Gasteiger partial charge is 0.319 e. The molecule has 114 valence electrons. The summed E-state index contributed by atoms with van der Waals surface area (Å²) in [5.41, 5.74) is 4.36. The lowest BCUT2D eigenvalue weighted by molar-refractivity contribution is 0.251. The molecule has 0 aromatic heterocycles. The van der Waals surface area contributed by atoms with E-state index in [1.165, 1.54) is 11.1 Å². The maximum Gasteiger partial charge on any atom is 0.319 e. The third-order valence-corrected chi connectivity index (χ3v) is 4.57. The van der Waals surface area contributed by atoms with Crippen molar-refractivity contribution in [2.75, 3.05) is 5.32 Å². The fraction of sp³-hybridized carbons (Fsp3) is 0.278. The molecule has 3 rings (SSSR count). The lowest BCUT2D eigenvalue weighted by atomic mass is 9.86. The van der Waals surface area contributed by atoms with Gasteiger partial charge in [0, 0.05) is 17.5 Å². The first-order valence-corrected chi connectivity index (χ1v) is 8.05. The number of hydrogen-bond acceptors (Lipinski definition) is 2. The summed E-state index contributed by atoms with van der Waals surface area (Å²) in [4.78, 5) is 12.0. The Balaban J connectivity index is 1.64. The number of rotatable bonds is 3. The van der Waals surface area contributed by atoms with Crippen LogP contribution in [0.3, 0.4) is 0 Å². The monoisotopic (exact) mass is 312 g/mol. The van der Waals surface area contributed by atoms with Crippen molar-refractivity contribution < 1.29 is 4.79 Å². The van der Waals surface area contributed by atoms with Crippen molar-refractivity contribution in [2.45, 2.75) is 31.1 Å². The van der Waals surface area contributed by atoms with Crippen LogP contribution in [0.1, 0.15) is 41.2 Å². The van der Waals surface area contributed by atoms with Gasteiger partial charge >= 0.3 is 6.03 Å². The van der Waals surface area contributed by atoms with E-state index in [1.54, 1.807) is 0 Å². The zero-order valence-electron chi connectivity index (χ0n) is 12.5. The average Bonchev–Trinajstić information content (AvgIpc) is 2.52. The molecule has 2 N–H and O–H groups in total. The van der Waals surface area contributed by atoms with E-state index in [4.69, 9.17) is 0 Å². The first-order valence-electron chi connectivity index (χ1n) is 7.53. The number of anilines is 1. The minimum Gasteiger partial charge on any atom is -0.334 e. The maximum atomic E-state index is 12.0. The van der Waals surface area contributed by atoms with Gasteiger partial charge in [-0.15, -0.1) is 0 Å². The molecule has 0 aliphatic heterocycles. The highest BCUT2D eigenvalue weighted by Gasteiger charge is 2.21. The van der Waals surface area contributed by atoms with Gasteiger partial charge in [-0.1, -0.05) is 43.3 Å². The molecule has 2 aromatic rings. The predicted octanol–water partition coefficient (Wildman–Crippen LogP) is 4.49. The maximum absolute atomic E-state index is 12.0. The molecule has 1 aliphatic rings. The molecule has 2 atom stereocenters. The molecule has 0 saturated heterocycles. The van der Waals surface area contributed by atoms with Gasteiger partial charge < -0.3 is 10.6 Å². The van der Waals surface area contributed by atoms with Crippen molar-refractivity contribution in [3.8, 4) is 0 Å². The van der Waals surface area contributed by atoms with E-state index >= 15 is 0 Å². The van der Waals surface area contributed by atoms with Gasteiger partial charge in [0.2, 0.25) is 0 Å². The molecular weight excluding hydrogens is 292 g/mol. The number of urea groups is 1. The van der Waals surface area contributed by atoms with Gasteiger partial charge in [-0.25, -0.2) is 4.79 Å². The summed E-state index contributed by atoms with van der Waals surface area (Å²) in [6.07, 6.45) is 1.05. The summed E-state index contributed by atoms with van der Waals surface area (Å²) < 4.78 is 0. The van der Waals surface area contributed by atoms with Crippen molar-refractivity contribution in [3.63, 3.8) is 0 Å². The van der Waals surface area contributed by atoms with Gasteiger partial charge in [0.05, 0.1) is 0 Å².